The summed E-state index contributed by atoms with van der Waals surface area (Å²) in [6.07, 6.45) is 3.24. The lowest BCUT2D eigenvalue weighted by atomic mass is 10.00. The Labute approximate surface area is 86.6 Å². The molecule has 0 aromatic carbocycles. The monoisotopic (exact) mass is 198 g/mol. The van der Waals surface area contributed by atoms with E-state index in [4.69, 9.17) is 5.73 Å². The number of primary amides is 1. The van der Waals surface area contributed by atoms with Crippen molar-refractivity contribution in [3.05, 3.63) is 0 Å². The van der Waals surface area contributed by atoms with Crippen molar-refractivity contribution in [2.24, 2.45) is 11.7 Å². The lowest BCUT2D eigenvalue weighted by Gasteiger charge is -2.32. The number of nitrogens with zero attached hydrogens (tertiary/aromatic N) is 1. The van der Waals surface area contributed by atoms with E-state index >= 15 is 0 Å². The van der Waals surface area contributed by atoms with Crippen LogP contribution in [0.15, 0.2) is 0 Å². The summed E-state index contributed by atoms with van der Waals surface area (Å²) in [7, 11) is 0. The summed E-state index contributed by atoms with van der Waals surface area (Å²) < 4.78 is 0. The number of carbonyl (C=O) groups excluding carboxylic acids is 1. The molecule has 1 aliphatic rings. The largest absolute Gasteiger partial charge is 0.368 e. The zero-order chi connectivity index (χ0) is 10.7. The van der Waals surface area contributed by atoms with Crippen LogP contribution in [-0.2, 0) is 4.79 Å². The summed E-state index contributed by atoms with van der Waals surface area (Å²) in [6, 6.07) is 0.498. The Hall–Kier alpha value is -0.570. The van der Waals surface area contributed by atoms with Gasteiger partial charge in [-0.1, -0.05) is 20.8 Å². The van der Waals surface area contributed by atoms with Crippen molar-refractivity contribution in [1.82, 2.24) is 4.90 Å². The van der Waals surface area contributed by atoms with Crippen molar-refractivity contribution in [3.8, 4) is 0 Å². The van der Waals surface area contributed by atoms with Gasteiger partial charge in [0.05, 0.1) is 6.04 Å². The Morgan fingerprint density at radius 1 is 1.57 bits per heavy atom. The zero-order valence-corrected chi connectivity index (χ0v) is 9.49. The zero-order valence-electron chi connectivity index (χ0n) is 9.49. The molecule has 1 aliphatic heterocycles. The van der Waals surface area contributed by atoms with Gasteiger partial charge in [0.15, 0.2) is 0 Å². The molecule has 3 nitrogen and oxygen atoms in total. The maximum absolute atomic E-state index is 11.3. The van der Waals surface area contributed by atoms with E-state index in [2.05, 4.69) is 18.7 Å². The molecule has 2 unspecified atom stereocenters. The second-order valence-corrected chi connectivity index (χ2v) is 4.52. The number of hydrogen-bond donors (Lipinski definition) is 1. The van der Waals surface area contributed by atoms with Crippen LogP contribution in [0.1, 0.15) is 40.0 Å². The van der Waals surface area contributed by atoms with Crippen molar-refractivity contribution in [2.45, 2.75) is 52.1 Å². The summed E-state index contributed by atoms with van der Waals surface area (Å²) in [5.41, 5.74) is 5.41. The Balaban J connectivity index is 2.69. The van der Waals surface area contributed by atoms with Gasteiger partial charge in [0, 0.05) is 6.04 Å². The van der Waals surface area contributed by atoms with Gasteiger partial charge in [-0.05, 0) is 31.7 Å². The number of hydrogen-bond acceptors (Lipinski definition) is 2. The molecule has 1 saturated heterocycles. The fourth-order valence-corrected chi connectivity index (χ4v) is 2.52. The van der Waals surface area contributed by atoms with Gasteiger partial charge >= 0.3 is 0 Å². The molecular formula is C11H22N2O. The van der Waals surface area contributed by atoms with E-state index in [-0.39, 0.29) is 11.9 Å². The van der Waals surface area contributed by atoms with Crippen LogP contribution in [0.5, 0.6) is 0 Å². The minimum Gasteiger partial charge on any atom is -0.368 e. The van der Waals surface area contributed by atoms with Crippen molar-refractivity contribution in [1.29, 1.82) is 0 Å². The van der Waals surface area contributed by atoms with Gasteiger partial charge in [-0.25, -0.2) is 0 Å². The molecule has 2 atom stereocenters. The Bertz CT molecular complexity index is 203. The molecule has 1 amide bonds. The predicted octanol–water partition coefficient (Wildman–Crippen LogP) is 1.37. The van der Waals surface area contributed by atoms with E-state index in [1.807, 2.05) is 6.92 Å². The van der Waals surface area contributed by atoms with Gasteiger partial charge in [0.1, 0.15) is 0 Å². The highest BCUT2D eigenvalue weighted by molar-refractivity contribution is 5.79. The van der Waals surface area contributed by atoms with Gasteiger partial charge in [0.25, 0.3) is 0 Å². The lowest BCUT2D eigenvalue weighted by molar-refractivity contribution is -0.124. The van der Waals surface area contributed by atoms with Crippen molar-refractivity contribution in [2.75, 3.05) is 6.54 Å². The molecule has 14 heavy (non-hydrogen) atoms. The lowest BCUT2D eigenvalue weighted by Crippen LogP contribution is -2.48. The van der Waals surface area contributed by atoms with E-state index in [1.54, 1.807) is 0 Å². The molecule has 3 heteroatoms. The minimum atomic E-state index is -0.167. The van der Waals surface area contributed by atoms with Crippen molar-refractivity contribution >= 4 is 5.91 Å². The van der Waals surface area contributed by atoms with Crippen molar-refractivity contribution in [3.63, 3.8) is 0 Å². The van der Waals surface area contributed by atoms with Gasteiger partial charge in [0.2, 0.25) is 5.91 Å². The number of nitrogens with two attached hydrogens (primary N) is 1. The topological polar surface area (TPSA) is 46.3 Å². The average Bonchev–Trinajstić information content (AvgIpc) is 2.53. The molecule has 1 heterocycles. The van der Waals surface area contributed by atoms with E-state index in [9.17, 15) is 4.79 Å². The first-order valence-corrected chi connectivity index (χ1v) is 5.63. The molecule has 0 spiro atoms. The van der Waals surface area contributed by atoms with Gasteiger partial charge in [-0.3, -0.25) is 9.69 Å². The highest BCUT2D eigenvalue weighted by Gasteiger charge is 2.33. The Kier molecular flexibility index (Phi) is 3.93. The molecular weight excluding hydrogens is 176 g/mol. The van der Waals surface area contributed by atoms with Crippen LogP contribution in [-0.4, -0.2) is 29.4 Å². The van der Waals surface area contributed by atoms with Gasteiger partial charge in [-0.15, -0.1) is 0 Å². The molecule has 82 valence electrons. The van der Waals surface area contributed by atoms with Crippen LogP contribution in [0.2, 0.25) is 0 Å². The molecule has 0 bridgehead atoms. The first kappa shape index (κ1) is 11.5. The summed E-state index contributed by atoms with van der Waals surface area (Å²) in [4.78, 5) is 13.6. The maximum Gasteiger partial charge on any atom is 0.234 e. The summed E-state index contributed by atoms with van der Waals surface area (Å²) in [5, 5.41) is 0. The molecule has 0 aromatic heterocycles. The van der Waals surface area contributed by atoms with E-state index in [0.717, 1.165) is 13.0 Å². The molecule has 2 N–H and O–H groups in total. The third-order valence-electron chi connectivity index (χ3n) is 3.23. The quantitative estimate of drug-likeness (QED) is 0.741. The van der Waals surface area contributed by atoms with Gasteiger partial charge in [-0.2, -0.15) is 0 Å². The highest BCUT2D eigenvalue weighted by atomic mass is 16.1. The standard InChI is InChI=1S/C11H22N2O/c1-4-9(11(12)14)13-7-5-6-10(13)8(2)3/h8-10H,4-7H2,1-3H3,(H2,12,14). The molecule has 0 aromatic rings. The second kappa shape index (κ2) is 4.78. The highest BCUT2D eigenvalue weighted by Crippen LogP contribution is 2.26. The Morgan fingerprint density at radius 2 is 2.21 bits per heavy atom. The van der Waals surface area contributed by atoms with Crippen molar-refractivity contribution < 1.29 is 4.79 Å². The number of carbonyl (C=O) groups is 1. The van der Waals surface area contributed by atoms with Crippen LogP contribution in [0, 0.1) is 5.92 Å². The predicted molar refractivity (Wildman–Crippen MR) is 57.8 cm³/mol. The fourth-order valence-electron chi connectivity index (χ4n) is 2.52. The molecule has 1 fully saturated rings. The van der Waals surface area contributed by atoms with Crippen LogP contribution >= 0.6 is 0 Å². The second-order valence-electron chi connectivity index (χ2n) is 4.52. The van der Waals surface area contributed by atoms with E-state index < -0.39 is 0 Å². The van der Waals surface area contributed by atoms with E-state index in [1.165, 1.54) is 12.8 Å². The third kappa shape index (κ3) is 2.27. The normalized spacial score (nSPS) is 25.6. The molecule has 0 saturated carbocycles. The Morgan fingerprint density at radius 3 is 2.64 bits per heavy atom. The molecule has 0 aliphatic carbocycles. The summed E-state index contributed by atoms with van der Waals surface area (Å²) in [5.74, 6) is 0.450. The first-order valence-electron chi connectivity index (χ1n) is 5.63. The van der Waals surface area contributed by atoms with E-state index in [0.29, 0.717) is 12.0 Å². The molecule has 1 rings (SSSR count). The summed E-state index contributed by atoms with van der Waals surface area (Å²) >= 11 is 0. The number of amides is 1. The average molecular weight is 198 g/mol. The van der Waals surface area contributed by atoms with Gasteiger partial charge < -0.3 is 5.73 Å². The SMILES string of the molecule is CCC(C(N)=O)N1CCCC1C(C)C. The van der Waals surface area contributed by atoms with Crippen LogP contribution in [0.25, 0.3) is 0 Å². The third-order valence-corrected chi connectivity index (χ3v) is 3.23. The van der Waals surface area contributed by atoms with Crippen LogP contribution in [0.4, 0.5) is 0 Å². The minimum absolute atomic E-state index is 0.0510. The van der Waals surface area contributed by atoms with Crippen LogP contribution < -0.4 is 5.73 Å². The number of likely N-dealkylation sites (tertiary alicyclic amines) is 1. The molecule has 0 radical (unpaired) electrons. The number of rotatable bonds is 4. The fraction of sp³-hybridized carbons (Fsp3) is 0.909. The maximum atomic E-state index is 11.3. The summed E-state index contributed by atoms with van der Waals surface area (Å²) in [6.45, 7) is 7.50. The smallest absolute Gasteiger partial charge is 0.234 e. The first-order chi connectivity index (χ1) is 6.57. The van der Waals surface area contributed by atoms with Crippen LogP contribution in [0.3, 0.4) is 0 Å².